The predicted octanol–water partition coefficient (Wildman–Crippen LogP) is 2.93. The number of sulfonamides is 1. The van der Waals surface area contributed by atoms with Crippen LogP contribution in [0, 0.1) is 20.8 Å². The van der Waals surface area contributed by atoms with Crippen molar-refractivity contribution >= 4 is 27.5 Å². The molecule has 2 amide bonds. The summed E-state index contributed by atoms with van der Waals surface area (Å²) >= 11 is 0. The lowest BCUT2D eigenvalue weighted by Gasteiger charge is -2.32. The molecule has 174 valence electrons. The molecule has 0 fully saturated rings. The van der Waals surface area contributed by atoms with Crippen LogP contribution < -0.4 is 9.62 Å². The Hall–Kier alpha value is -2.87. The third-order valence-corrected chi connectivity index (χ3v) is 6.43. The molecule has 1 N–H and O–H groups in total. The number of carbonyl (C=O) groups is 2. The van der Waals surface area contributed by atoms with Crippen molar-refractivity contribution in [3.05, 3.63) is 64.7 Å². The van der Waals surface area contributed by atoms with Crippen molar-refractivity contribution in [3.63, 3.8) is 0 Å². The molecule has 7 nitrogen and oxygen atoms in total. The maximum absolute atomic E-state index is 13.4. The van der Waals surface area contributed by atoms with Gasteiger partial charge in [0.2, 0.25) is 21.8 Å². The largest absolute Gasteiger partial charge is 0.355 e. The van der Waals surface area contributed by atoms with Gasteiger partial charge in [-0.15, -0.1) is 0 Å². The minimum absolute atomic E-state index is 0.196. The van der Waals surface area contributed by atoms with E-state index in [4.69, 9.17) is 0 Å². The first kappa shape index (κ1) is 25.4. The molecule has 0 spiro atoms. The van der Waals surface area contributed by atoms with E-state index in [0.717, 1.165) is 32.8 Å². The number of hydrogen-bond donors (Lipinski definition) is 1. The summed E-state index contributed by atoms with van der Waals surface area (Å²) in [4.78, 5) is 27.4. The van der Waals surface area contributed by atoms with Crippen LogP contribution in [0.3, 0.4) is 0 Å². The van der Waals surface area contributed by atoms with Crippen LogP contribution in [0.2, 0.25) is 0 Å². The minimum atomic E-state index is -3.74. The first-order chi connectivity index (χ1) is 14.9. The Morgan fingerprint density at radius 2 is 1.59 bits per heavy atom. The highest BCUT2D eigenvalue weighted by molar-refractivity contribution is 7.92. The third-order valence-electron chi connectivity index (χ3n) is 5.30. The van der Waals surface area contributed by atoms with Gasteiger partial charge in [0, 0.05) is 13.1 Å². The summed E-state index contributed by atoms with van der Waals surface area (Å²) in [6.45, 7) is 9.35. The Bertz CT molecular complexity index is 1070. The molecule has 2 rings (SSSR count). The molecule has 0 aliphatic carbocycles. The zero-order valence-corrected chi connectivity index (χ0v) is 20.5. The highest BCUT2D eigenvalue weighted by Gasteiger charge is 2.30. The van der Waals surface area contributed by atoms with Crippen LogP contribution in [0.15, 0.2) is 42.5 Å². The van der Waals surface area contributed by atoms with Crippen LogP contribution in [0.1, 0.15) is 36.1 Å². The normalized spacial score (nSPS) is 12.2. The molecule has 0 radical (unpaired) electrons. The van der Waals surface area contributed by atoms with Gasteiger partial charge in [0.15, 0.2) is 0 Å². The molecule has 8 heteroatoms. The van der Waals surface area contributed by atoms with Crippen molar-refractivity contribution in [2.24, 2.45) is 0 Å². The number of nitrogens with one attached hydrogen (secondary N) is 1. The summed E-state index contributed by atoms with van der Waals surface area (Å²) in [5, 5.41) is 2.74. The first-order valence-electron chi connectivity index (χ1n) is 10.6. The van der Waals surface area contributed by atoms with Crippen molar-refractivity contribution in [1.82, 2.24) is 10.2 Å². The number of rotatable bonds is 9. The summed E-state index contributed by atoms with van der Waals surface area (Å²) in [6, 6.07) is 12.4. The van der Waals surface area contributed by atoms with Gasteiger partial charge in [0.05, 0.1) is 11.9 Å². The molecule has 2 aromatic carbocycles. The van der Waals surface area contributed by atoms with Gasteiger partial charge >= 0.3 is 0 Å². The Kier molecular flexibility index (Phi) is 8.44. The Labute approximate surface area is 191 Å². The van der Waals surface area contributed by atoms with Gasteiger partial charge in [-0.25, -0.2) is 8.42 Å². The predicted molar refractivity (Wildman–Crippen MR) is 128 cm³/mol. The van der Waals surface area contributed by atoms with Gasteiger partial charge in [-0.3, -0.25) is 13.9 Å². The van der Waals surface area contributed by atoms with E-state index in [2.05, 4.69) is 5.32 Å². The Morgan fingerprint density at radius 1 is 1.00 bits per heavy atom. The number of anilines is 1. The molecule has 0 bridgehead atoms. The molecule has 0 heterocycles. The third kappa shape index (κ3) is 6.56. The number of carbonyl (C=O) groups excluding carboxylic acids is 2. The Morgan fingerprint density at radius 3 is 2.16 bits per heavy atom. The van der Waals surface area contributed by atoms with Crippen molar-refractivity contribution < 1.29 is 18.0 Å². The molecule has 1 atom stereocenters. The average Bonchev–Trinajstić information content (AvgIpc) is 2.72. The number of hydrogen-bond acceptors (Lipinski definition) is 4. The number of aryl methyl sites for hydroxylation is 3. The number of likely N-dealkylation sites (N-methyl/N-ethyl adjacent to an activating group) is 1. The van der Waals surface area contributed by atoms with E-state index < -0.39 is 28.5 Å². The van der Waals surface area contributed by atoms with E-state index >= 15 is 0 Å². The van der Waals surface area contributed by atoms with Gasteiger partial charge in [0.1, 0.15) is 12.6 Å². The molecule has 0 aromatic heterocycles. The quantitative estimate of drug-likeness (QED) is 0.625. The van der Waals surface area contributed by atoms with Crippen molar-refractivity contribution in [3.8, 4) is 0 Å². The van der Waals surface area contributed by atoms with Gasteiger partial charge < -0.3 is 10.2 Å². The van der Waals surface area contributed by atoms with Crippen molar-refractivity contribution in [2.45, 2.75) is 47.2 Å². The average molecular weight is 460 g/mol. The maximum atomic E-state index is 13.4. The van der Waals surface area contributed by atoms with Gasteiger partial charge in [0.25, 0.3) is 0 Å². The summed E-state index contributed by atoms with van der Waals surface area (Å²) in [5.41, 5.74) is 4.04. The van der Waals surface area contributed by atoms with E-state index in [-0.39, 0.29) is 12.5 Å². The molecule has 0 saturated heterocycles. The summed E-state index contributed by atoms with van der Waals surface area (Å²) in [5.74, 6) is -0.735. The van der Waals surface area contributed by atoms with E-state index in [1.807, 2.05) is 57.2 Å². The number of amides is 2. The number of benzene rings is 2. The van der Waals surface area contributed by atoms with Crippen LogP contribution in [-0.4, -0.2) is 50.5 Å². The minimum Gasteiger partial charge on any atom is -0.355 e. The maximum Gasteiger partial charge on any atom is 0.244 e. The van der Waals surface area contributed by atoms with E-state index in [0.29, 0.717) is 12.2 Å². The fraction of sp³-hybridized carbons (Fsp3) is 0.417. The Balaban J connectivity index is 2.42. The lowest BCUT2D eigenvalue weighted by atomic mass is 10.1. The summed E-state index contributed by atoms with van der Waals surface area (Å²) in [6.07, 6.45) is 1.08. The van der Waals surface area contributed by atoms with Crippen LogP contribution in [0.4, 0.5) is 5.69 Å². The second-order valence-electron chi connectivity index (χ2n) is 8.14. The van der Waals surface area contributed by atoms with Crippen LogP contribution in [0.25, 0.3) is 0 Å². The topological polar surface area (TPSA) is 86.8 Å². The van der Waals surface area contributed by atoms with E-state index in [1.165, 1.54) is 4.90 Å². The van der Waals surface area contributed by atoms with E-state index in [9.17, 15) is 18.0 Å². The highest BCUT2D eigenvalue weighted by Crippen LogP contribution is 2.24. The highest BCUT2D eigenvalue weighted by atomic mass is 32.2. The lowest BCUT2D eigenvalue weighted by Crippen LogP contribution is -2.51. The SMILES string of the molecule is CCNC(=O)C(C)N(Cc1ccc(C)cc1)C(=O)CN(c1cc(C)ccc1C)S(C)(=O)=O. The van der Waals surface area contributed by atoms with Crippen LogP contribution in [-0.2, 0) is 26.2 Å². The zero-order chi connectivity index (χ0) is 24.1. The summed E-state index contributed by atoms with van der Waals surface area (Å²) < 4.78 is 26.4. The van der Waals surface area contributed by atoms with Crippen LogP contribution in [0.5, 0.6) is 0 Å². The first-order valence-corrected chi connectivity index (χ1v) is 12.5. The fourth-order valence-electron chi connectivity index (χ4n) is 3.38. The van der Waals surface area contributed by atoms with Gasteiger partial charge in [-0.05, 0) is 57.4 Å². The second-order valence-corrected chi connectivity index (χ2v) is 10.0. The van der Waals surface area contributed by atoms with Gasteiger partial charge in [-0.1, -0.05) is 42.0 Å². The number of nitrogens with zero attached hydrogens (tertiary/aromatic N) is 2. The molecule has 0 aliphatic rings. The molecule has 1 unspecified atom stereocenters. The van der Waals surface area contributed by atoms with Crippen LogP contribution >= 0.6 is 0 Å². The van der Waals surface area contributed by atoms with Gasteiger partial charge in [-0.2, -0.15) is 0 Å². The monoisotopic (exact) mass is 459 g/mol. The fourth-order valence-corrected chi connectivity index (χ4v) is 4.28. The van der Waals surface area contributed by atoms with Crippen molar-refractivity contribution in [1.29, 1.82) is 0 Å². The molecular formula is C24H33N3O4S. The second kappa shape index (κ2) is 10.6. The molecule has 2 aromatic rings. The zero-order valence-electron chi connectivity index (χ0n) is 19.7. The smallest absolute Gasteiger partial charge is 0.244 e. The van der Waals surface area contributed by atoms with Crippen molar-refractivity contribution in [2.75, 3.05) is 23.7 Å². The summed E-state index contributed by atoms with van der Waals surface area (Å²) in [7, 11) is -3.74. The standard InChI is InChI=1S/C24H33N3O4S/c1-7-25-24(29)20(5)26(15-21-12-9-17(2)10-13-21)23(28)16-27(32(6,30)31)22-14-18(3)8-11-19(22)4/h8-14,20H,7,15-16H2,1-6H3,(H,25,29). The molecule has 32 heavy (non-hydrogen) atoms. The van der Waals surface area contributed by atoms with E-state index in [1.54, 1.807) is 19.9 Å². The molecule has 0 aliphatic heterocycles. The molecule has 0 saturated carbocycles. The molecular weight excluding hydrogens is 426 g/mol. The lowest BCUT2D eigenvalue weighted by molar-refractivity contribution is -0.139.